The van der Waals surface area contributed by atoms with Gasteiger partial charge in [0, 0.05) is 25.4 Å². The largest absolute Gasteiger partial charge is 0.314 e. The average molecular weight is 220 g/mol. The number of rotatable bonds is 2. The Morgan fingerprint density at radius 1 is 1.25 bits per heavy atom. The molecule has 0 spiro atoms. The van der Waals surface area contributed by atoms with Crippen molar-refractivity contribution in [1.82, 2.24) is 20.1 Å². The Hall–Kier alpha value is -0.900. The Kier molecular flexibility index (Phi) is 2.91. The lowest BCUT2D eigenvalue weighted by Gasteiger charge is -2.21. The van der Waals surface area contributed by atoms with Crippen LogP contribution in [0.1, 0.15) is 43.8 Å². The van der Waals surface area contributed by atoms with Gasteiger partial charge < -0.3 is 5.32 Å². The molecule has 1 unspecified atom stereocenters. The highest BCUT2D eigenvalue weighted by atomic mass is 15.3. The number of nitrogens with zero attached hydrogens (tertiary/aromatic N) is 3. The summed E-state index contributed by atoms with van der Waals surface area (Å²) < 4.78 is 2.11. The van der Waals surface area contributed by atoms with Gasteiger partial charge in [-0.3, -0.25) is 0 Å². The third-order valence-corrected chi connectivity index (χ3v) is 3.65. The lowest BCUT2D eigenvalue weighted by Crippen LogP contribution is -2.35. The molecule has 1 N–H and O–H groups in total. The third kappa shape index (κ3) is 2.12. The Morgan fingerprint density at radius 3 is 3.06 bits per heavy atom. The van der Waals surface area contributed by atoms with E-state index in [-0.39, 0.29) is 0 Å². The van der Waals surface area contributed by atoms with Gasteiger partial charge >= 0.3 is 0 Å². The topological polar surface area (TPSA) is 42.7 Å². The van der Waals surface area contributed by atoms with Crippen molar-refractivity contribution < 1.29 is 0 Å². The fourth-order valence-electron chi connectivity index (χ4n) is 2.74. The minimum Gasteiger partial charge on any atom is -0.314 e. The van der Waals surface area contributed by atoms with Gasteiger partial charge in [0.1, 0.15) is 5.82 Å². The monoisotopic (exact) mass is 220 g/mol. The summed E-state index contributed by atoms with van der Waals surface area (Å²) >= 11 is 0. The molecule has 0 bridgehead atoms. The molecule has 0 saturated carbocycles. The quantitative estimate of drug-likeness (QED) is 0.817. The first kappa shape index (κ1) is 10.3. The fourth-order valence-corrected chi connectivity index (χ4v) is 2.74. The SMILES string of the molecule is C1CCC(Cc2nc3n(n2)CCCC3)NC1. The summed E-state index contributed by atoms with van der Waals surface area (Å²) in [5, 5.41) is 8.17. The van der Waals surface area contributed by atoms with Gasteiger partial charge in [0.2, 0.25) is 0 Å². The first-order valence-electron chi connectivity index (χ1n) is 6.58. The van der Waals surface area contributed by atoms with Crippen molar-refractivity contribution in [2.75, 3.05) is 6.54 Å². The molecule has 0 amide bonds. The zero-order valence-corrected chi connectivity index (χ0v) is 9.78. The van der Waals surface area contributed by atoms with E-state index in [0.717, 1.165) is 31.8 Å². The molecular weight excluding hydrogens is 200 g/mol. The maximum Gasteiger partial charge on any atom is 0.152 e. The molecule has 1 aromatic rings. The van der Waals surface area contributed by atoms with E-state index in [4.69, 9.17) is 0 Å². The zero-order chi connectivity index (χ0) is 10.8. The van der Waals surface area contributed by atoms with E-state index in [2.05, 4.69) is 20.1 Å². The van der Waals surface area contributed by atoms with E-state index in [1.807, 2.05) is 0 Å². The molecule has 3 rings (SSSR count). The minimum atomic E-state index is 0.609. The van der Waals surface area contributed by atoms with Gasteiger partial charge in [-0.15, -0.1) is 0 Å². The molecule has 4 heteroatoms. The number of aromatic nitrogens is 3. The second-order valence-corrected chi connectivity index (χ2v) is 4.98. The van der Waals surface area contributed by atoms with E-state index in [1.165, 1.54) is 37.9 Å². The molecule has 1 aromatic heterocycles. The smallest absolute Gasteiger partial charge is 0.152 e. The van der Waals surface area contributed by atoms with E-state index < -0.39 is 0 Å². The number of fused-ring (bicyclic) bond motifs is 1. The standard InChI is InChI=1S/C12H20N4/c1-3-7-13-10(5-1)9-11-14-12-6-2-4-8-16(12)15-11/h10,13H,1-9H2. The van der Waals surface area contributed by atoms with E-state index in [0.29, 0.717) is 6.04 Å². The molecule has 2 aliphatic rings. The van der Waals surface area contributed by atoms with Gasteiger partial charge in [-0.1, -0.05) is 6.42 Å². The molecule has 0 radical (unpaired) electrons. The van der Waals surface area contributed by atoms with Crippen LogP contribution in [0.2, 0.25) is 0 Å². The van der Waals surface area contributed by atoms with Crippen LogP contribution in [0.5, 0.6) is 0 Å². The Labute approximate surface area is 96.4 Å². The first-order chi connectivity index (χ1) is 7.92. The predicted molar refractivity (Wildman–Crippen MR) is 62.3 cm³/mol. The molecule has 0 aliphatic carbocycles. The number of nitrogens with one attached hydrogen (secondary N) is 1. The van der Waals surface area contributed by atoms with Crippen LogP contribution in [0.4, 0.5) is 0 Å². The highest BCUT2D eigenvalue weighted by Gasteiger charge is 2.18. The van der Waals surface area contributed by atoms with Gasteiger partial charge in [0.25, 0.3) is 0 Å². The molecule has 3 heterocycles. The van der Waals surface area contributed by atoms with E-state index in [1.54, 1.807) is 0 Å². The first-order valence-corrected chi connectivity index (χ1v) is 6.58. The van der Waals surface area contributed by atoms with Gasteiger partial charge in [-0.2, -0.15) is 5.10 Å². The molecule has 16 heavy (non-hydrogen) atoms. The molecule has 2 aliphatic heterocycles. The lowest BCUT2D eigenvalue weighted by molar-refractivity contribution is 0.393. The van der Waals surface area contributed by atoms with E-state index >= 15 is 0 Å². The van der Waals surface area contributed by atoms with Crippen LogP contribution in [-0.4, -0.2) is 27.4 Å². The minimum absolute atomic E-state index is 0.609. The number of hydrogen-bond donors (Lipinski definition) is 1. The number of hydrogen-bond acceptors (Lipinski definition) is 3. The molecule has 1 atom stereocenters. The predicted octanol–water partition coefficient (Wildman–Crippen LogP) is 1.30. The second-order valence-electron chi connectivity index (χ2n) is 4.98. The van der Waals surface area contributed by atoms with Crippen LogP contribution in [-0.2, 0) is 19.4 Å². The van der Waals surface area contributed by atoms with Gasteiger partial charge in [-0.25, -0.2) is 9.67 Å². The Morgan fingerprint density at radius 2 is 2.25 bits per heavy atom. The van der Waals surface area contributed by atoms with Gasteiger partial charge in [0.15, 0.2) is 5.82 Å². The zero-order valence-electron chi connectivity index (χ0n) is 9.78. The third-order valence-electron chi connectivity index (χ3n) is 3.65. The maximum absolute atomic E-state index is 4.66. The Balaban J connectivity index is 1.67. The summed E-state index contributed by atoms with van der Waals surface area (Å²) in [4.78, 5) is 4.66. The summed E-state index contributed by atoms with van der Waals surface area (Å²) in [6.45, 7) is 2.23. The summed E-state index contributed by atoms with van der Waals surface area (Å²) in [6.07, 6.45) is 8.63. The summed E-state index contributed by atoms with van der Waals surface area (Å²) in [5.74, 6) is 2.26. The second kappa shape index (κ2) is 4.53. The molecule has 88 valence electrons. The average Bonchev–Trinajstić information content (AvgIpc) is 2.72. The number of piperidine rings is 1. The van der Waals surface area contributed by atoms with Crippen molar-refractivity contribution in [3.05, 3.63) is 11.6 Å². The number of aryl methyl sites for hydroxylation is 2. The van der Waals surface area contributed by atoms with Crippen molar-refractivity contribution in [3.8, 4) is 0 Å². The van der Waals surface area contributed by atoms with Crippen LogP contribution in [0.3, 0.4) is 0 Å². The van der Waals surface area contributed by atoms with Crippen molar-refractivity contribution >= 4 is 0 Å². The summed E-state index contributed by atoms with van der Waals surface area (Å²) in [5.41, 5.74) is 0. The molecule has 1 fully saturated rings. The molecule has 1 saturated heterocycles. The maximum atomic E-state index is 4.66. The normalized spacial score (nSPS) is 25.4. The van der Waals surface area contributed by atoms with Crippen LogP contribution >= 0.6 is 0 Å². The summed E-state index contributed by atoms with van der Waals surface area (Å²) in [7, 11) is 0. The van der Waals surface area contributed by atoms with E-state index in [9.17, 15) is 0 Å². The molecular formula is C12H20N4. The Bertz CT molecular complexity index is 328. The van der Waals surface area contributed by atoms with Crippen molar-refractivity contribution in [2.24, 2.45) is 0 Å². The van der Waals surface area contributed by atoms with Gasteiger partial charge in [0.05, 0.1) is 0 Å². The van der Waals surface area contributed by atoms with Crippen LogP contribution < -0.4 is 5.32 Å². The fraction of sp³-hybridized carbons (Fsp3) is 0.833. The van der Waals surface area contributed by atoms with Crippen molar-refractivity contribution in [2.45, 2.75) is 57.5 Å². The summed E-state index contributed by atoms with van der Waals surface area (Å²) in [6, 6.07) is 0.609. The van der Waals surface area contributed by atoms with Gasteiger partial charge in [-0.05, 0) is 32.2 Å². The highest BCUT2D eigenvalue weighted by Crippen LogP contribution is 2.15. The molecule has 0 aromatic carbocycles. The lowest BCUT2D eigenvalue weighted by atomic mass is 10.0. The van der Waals surface area contributed by atoms with Crippen LogP contribution in [0, 0.1) is 0 Å². The van der Waals surface area contributed by atoms with Crippen LogP contribution in [0.15, 0.2) is 0 Å². The highest BCUT2D eigenvalue weighted by molar-refractivity contribution is 4.98. The van der Waals surface area contributed by atoms with Crippen molar-refractivity contribution in [1.29, 1.82) is 0 Å². The van der Waals surface area contributed by atoms with Crippen LogP contribution in [0.25, 0.3) is 0 Å². The molecule has 4 nitrogen and oxygen atoms in total. The van der Waals surface area contributed by atoms with Crippen molar-refractivity contribution in [3.63, 3.8) is 0 Å².